The predicted octanol–water partition coefficient (Wildman–Crippen LogP) is 1.88. The Kier molecular flexibility index (Phi) is 5.26. The SMILES string of the molecule is CCC1COCCN1CCC1CCCC1NC. The molecule has 0 bridgehead atoms. The second kappa shape index (κ2) is 6.72. The van der Waals surface area contributed by atoms with Crippen LogP contribution in [0.5, 0.6) is 0 Å². The molecule has 100 valence electrons. The Hall–Kier alpha value is -0.120. The van der Waals surface area contributed by atoms with Gasteiger partial charge in [-0.25, -0.2) is 0 Å². The fourth-order valence-electron chi connectivity index (χ4n) is 3.45. The Labute approximate surface area is 106 Å². The number of ether oxygens (including phenoxy) is 1. The second-order valence-corrected chi connectivity index (χ2v) is 5.55. The average molecular weight is 240 g/mol. The third-order valence-electron chi connectivity index (χ3n) is 4.64. The van der Waals surface area contributed by atoms with Gasteiger partial charge in [-0.1, -0.05) is 13.3 Å². The molecule has 3 atom stereocenters. The molecule has 3 heteroatoms. The summed E-state index contributed by atoms with van der Waals surface area (Å²) >= 11 is 0. The van der Waals surface area contributed by atoms with Crippen molar-refractivity contribution < 1.29 is 4.74 Å². The molecule has 2 aliphatic rings. The summed E-state index contributed by atoms with van der Waals surface area (Å²) < 4.78 is 5.56. The van der Waals surface area contributed by atoms with Gasteiger partial charge >= 0.3 is 0 Å². The number of hydrogen-bond acceptors (Lipinski definition) is 3. The predicted molar refractivity (Wildman–Crippen MR) is 71.3 cm³/mol. The first-order valence-electron chi connectivity index (χ1n) is 7.34. The molecular weight excluding hydrogens is 212 g/mol. The van der Waals surface area contributed by atoms with Gasteiger partial charge in [0.1, 0.15) is 0 Å². The topological polar surface area (TPSA) is 24.5 Å². The quantitative estimate of drug-likeness (QED) is 0.794. The molecule has 0 spiro atoms. The van der Waals surface area contributed by atoms with E-state index in [0.717, 1.165) is 31.7 Å². The Balaban J connectivity index is 1.76. The van der Waals surface area contributed by atoms with Crippen LogP contribution in [0.4, 0.5) is 0 Å². The Morgan fingerprint density at radius 3 is 3.00 bits per heavy atom. The summed E-state index contributed by atoms with van der Waals surface area (Å²) in [5.41, 5.74) is 0. The van der Waals surface area contributed by atoms with Crippen LogP contribution >= 0.6 is 0 Å². The molecule has 1 saturated heterocycles. The molecule has 0 aromatic carbocycles. The van der Waals surface area contributed by atoms with Crippen LogP contribution in [0.1, 0.15) is 39.0 Å². The van der Waals surface area contributed by atoms with Crippen LogP contribution in [-0.2, 0) is 4.74 Å². The zero-order valence-corrected chi connectivity index (χ0v) is 11.5. The lowest BCUT2D eigenvalue weighted by Crippen LogP contribution is -2.46. The lowest BCUT2D eigenvalue weighted by molar-refractivity contribution is -0.0110. The minimum Gasteiger partial charge on any atom is -0.378 e. The standard InChI is InChI=1S/C14H28N2O/c1-3-13-11-17-10-9-16(13)8-7-12-5-4-6-14(12)15-2/h12-15H,3-11H2,1-2H3. The van der Waals surface area contributed by atoms with E-state index in [2.05, 4.69) is 24.2 Å². The van der Waals surface area contributed by atoms with Crippen LogP contribution in [-0.4, -0.2) is 50.3 Å². The molecule has 3 nitrogen and oxygen atoms in total. The zero-order valence-electron chi connectivity index (χ0n) is 11.5. The van der Waals surface area contributed by atoms with Crippen molar-refractivity contribution in [2.45, 2.75) is 51.1 Å². The number of nitrogens with one attached hydrogen (secondary N) is 1. The summed E-state index contributed by atoms with van der Waals surface area (Å²) in [5.74, 6) is 0.903. The molecule has 0 aromatic heterocycles. The summed E-state index contributed by atoms with van der Waals surface area (Å²) in [6, 6.07) is 1.44. The van der Waals surface area contributed by atoms with Crippen molar-refractivity contribution in [1.82, 2.24) is 10.2 Å². The molecule has 1 saturated carbocycles. The van der Waals surface area contributed by atoms with Crippen LogP contribution < -0.4 is 5.32 Å². The molecule has 0 amide bonds. The van der Waals surface area contributed by atoms with Crippen molar-refractivity contribution in [2.75, 3.05) is 33.4 Å². The van der Waals surface area contributed by atoms with Crippen molar-refractivity contribution in [3.8, 4) is 0 Å². The maximum Gasteiger partial charge on any atom is 0.0622 e. The number of rotatable bonds is 5. The van der Waals surface area contributed by atoms with E-state index in [9.17, 15) is 0 Å². The third-order valence-corrected chi connectivity index (χ3v) is 4.64. The molecule has 2 fully saturated rings. The van der Waals surface area contributed by atoms with Gasteiger partial charge in [-0.3, -0.25) is 4.90 Å². The summed E-state index contributed by atoms with van der Waals surface area (Å²) in [5, 5.41) is 3.48. The molecule has 1 aliphatic heterocycles. The molecule has 17 heavy (non-hydrogen) atoms. The lowest BCUT2D eigenvalue weighted by atomic mass is 9.98. The Bertz CT molecular complexity index is 222. The largest absolute Gasteiger partial charge is 0.378 e. The van der Waals surface area contributed by atoms with Crippen molar-refractivity contribution in [3.05, 3.63) is 0 Å². The van der Waals surface area contributed by atoms with E-state index >= 15 is 0 Å². The van der Waals surface area contributed by atoms with Gasteiger partial charge in [0.15, 0.2) is 0 Å². The van der Waals surface area contributed by atoms with Crippen molar-refractivity contribution in [2.24, 2.45) is 5.92 Å². The van der Waals surface area contributed by atoms with E-state index in [-0.39, 0.29) is 0 Å². The molecular formula is C14H28N2O. The summed E-state index contributed by atoms with van der Waals surface area (Å²) in [6.07, 6.45) is 6.80. The Morgan fingerprint density at radius 1 is 1.35 bits per heavy atom. The van der Waals surface area contributed by atoms with Gasteiger partial charge in [-0.2, -0.15) is 0 Å². The smallest absolute Gasteiger partial charge is 0.0622 e. The van der Waals surface area contributed by atoms with Crippen LogP contribution in [0, 0.1) is 5.92 Å². The molecule has 2 rings (SSSR count). The number of morpholine rings is 1. The highest BCUT2D eigenvalue weighted by atomic mass is 16.5. The Morgan fingerprint density at radius 2 is 2.24 bits per heavy atom. The number of nitrogens with zero attached hydrogens (tertiary/aromatic N) is 1. The van der Waals surface area contributed by atoms with Gasteiger partial charge in [0.25, 0.3) is 0 Å². The first-order chi connectivity index (χ1) is 8.35. The van der Waals surface area contributed by atoms with Gasteiger partial charge in [0, 0.05) is 18.6 Å². The first-order valence-corrected chi connectivity index (χ1v) is 7.34. The van der Waals surface area contributed by atoms with Crippen LogP contribution in [0.15, 0.2) is 0 Å². The average Bonchev–Trinajstić information content (AvgIpc) is 2.84. The van der Waals surface area contributed by atoms with Gasteiger partial charge in [0.2, 0.25) is 0 Å². The van der Waals surface area contributed by atoms with E-state index < -0.39 is 0 Å². The highest BCUT2D eigenvalue weighted by Crippen LogP contribution is 2.28. The summed E-state index contributed by atoms with van der Waals surface area (Å²) in [6.45, 7) is 6.55. The molecule has 3 unspecified atom stereocenters. The third kappa shape index (κ3) is 3.43. The normalized spacial score (nSPS) is 35.3. The first kappa shape index (κ1) is 13.3. The monoisotopic (exact) mass is 240 g/mol. The fourth-order valence-corrected chi connectivity index (χ4v) is 3.45. The van der Waals surface area contributed by atoms with E-state index in [1.54, 1.807) is 0 Å². The maximum atomic E-state index is 5.56. The molecule has 1 aliphatic carbocycles. The molecule has 1 N–H and O–H groups in total. The summed E-state index contributed by atoms with van der Waals surface area (Å²) in [4.78, 5) is 2.65. The van der Waals surface area contributed by atoms with Gasteiger partial charge in [-0.05, 0) is 45.2 Å². The van der Waals surface area contributed by atoms with Crippen molar-refractivity contribution in [1.29, 1.82) is 0 Å². The van der Waals surface area contributed by atoms with Crippen molar-refractivity contribution >= 4 is 0 Å². The number of hydrogen-bond donors (Lipinski definition) is 1. The van der Waals surface area contributed by atoms with Crippen LogP contribution in [0.3, 0.4) is 0 Å². The highest BCUT2D eigenvalue weighted by molar-refractivity contribution is 4.84. The summed E-state index contributed by atoms with van der Waals surface area (Å²) in [7, 11) is 2.12. The van der Waals surface area contributed by atoms with Crippen LogP contribution in [0.2, 0.25) is 0 Å². The van der Waals surface area contributed by atoms with E-state index in [1.807, 2.05) is 0 Å². The van der Waals surface area contributed by atoms with Gasteiger partial charge in [-0.15, -0.1) is 0 Å². The second-order valence-electron chi connectivity index (χ2n) is 5.55. The van der Waals surface area contributed by atoms with E-state index in [1.165, 1.54) is 38.6 Å². The zero-order chi connectivity index (χ0) is 12.1. The maximum absolute atomic E-state index is 5.56. The van der Waals surface area contributed by atoms with E-state index in [4.69, 9.17) is 4.74 Å². The van der Waals surface area contributed by atoms with Crippen LogP contribution in [0.25, 0.3) is 0 Å². The van der Waals surface area contributed by atoms with Gasteiger partial charge < -0.3 is 10.1 Å². The van der Waals surface area contributed by atoms with Gasteiger partial charge in [0.05, 0.1) is 13.2 Å². The lowest BCUT2D eigenvalue weighted by Gasteiger charge is -2.36. The minimum atomic E-state index is 0.665. The molecule has 1 heterocycles. The van der Waals surface area contributed by atoms with E-state index in [0.29, 0.717) is 6.04 Å². The highest BCUT2D eigenvalue weighted by Gasteiger charge is 2.27. The van der Waals surface area contributed by atoms with Crippen molar-refractivity contribution in [3.63, 3.8) is 0 Å². The minimum absolute atomic E-state index is 0.665. The molecule has 0 aromatic rings. The molecule has 0 radical (unpaired) electrons. The fraction of sp³-hybridized carbons (Fsp3) is 1.00.